The lowest BCUT2D eigenvalue weighted by atomic mass is 9.86. The van der Waals surface area contributed by atoms with Crippen LogP contribution in [-0.2, 0) is 10.0 Å². The minimum absolute atomic E-state index is 0.0406. The molecule has 0 spiro atoms. The topological polar surface area (TPSA) is 87.8 Å². The average molecular weight is 378 g/mol. The number of rotatable bonds is 3. The fraction of sp³-hybridized carbons (Fsp3) is 0.615. The fourth-order valence-electron chi connectivity index (χ4n) is 3.42. The van der Waals surface area contributed by atoms with Crippen LogP contribution in [0, 0.1) is 5.92 Å². The Bertz CT molecular complexity index is 668. The summed E-state index contributed by atoms with van der Waals surface area (Å²) in [5.74, 6) is -1.23. The van der Waals surface area contributed by atoms with Gasteiger partial charge in [0.1, 0.15) is 4.90 Å². The summed E-state index contributed by atoms with van der Waals surface area (Å²) >= 11 is 3.02. The summed E-state index contributed by atoms with van der Waals surface area (Å²) in [7, 11) is -3.72. The van der Waals surface area contributed by atoms with Gasteiger partial charge in [-0.3, -0.25) is 0 Å². The molecule has 116 valence electrons. The number of carboxylic acids is 1. The van der Waals surface area contributed by atoms with E-state index < -0.39 is 16.0 Å². The first-order chi connectivity index (χ1) is 9.91. The number of nitrogens with zero attached hydrogens (tertiary/aromatic N) is 1. The molecule has 0 amide bonds. The summed E-state index contributed by atoms with van der Waals surface area (Å²) in [6.45, 7) is 0.498. The van der Waals surface area contributed by atoms with Crippen molar-refractivity contribution < 1.29 is 22.7 Å². The van der Waals surface area contributed by atoms with Gasteiger partial charge in [0.2, 0.25) is 15.8 Å². The third-order valence-electron chi connectivity index (χ3n) is 4.41. The molecule has 0 aromatic carbocycles. The average Bonchev–Trinajstić information content (AvgIpc) is 3.02. The van der Waals surface area contributed by atoms with Crippen LogP contribution in [-0.4, -0.2) is 36.4 Å². The summed E-state index contributed by atoms with van der Waals surface area (Å²) in [6.07, 6.45) is 5.04. The molecule has 0 bridgehead atoms. The number of halogens is 1. The molecule has 2 heterocycles. The first-order valence-electron chi connectivity index (χ1n) is 6.95. The van der Waals surface area contributed by atoms with E-state index in [1.54, 1.807) is 0 Å². The predicted molar refractivity (Wildman–Crippen MR) is 77.6 cm³/mol. The van der Waals surface area contributed by atoms with Crippen molar-refractivity contribution in [3.8, 4) is 0 Å². The molecule has 6 nitrogen and oxygen atoms in total. The SMILES string of the molecule is O=C(O)c1cc(S(=O)(=O)N2CCC3CCCCC32)c(Br)o1. The Balaban J connectivity index is 1.95. The van der Waals surface area contributed by atoms with Crippen LogP contribution >= 0.6 is 15.9 Å². The van der Waals surface area contributed by atoms with Gasteiger partial charge in [0.15, 0.2) is 4.67 Å². The van der Waals surface area contributed by atoms with E-state index in [1.807, 2.05) is 0 Å². The maximum Gasteiger partial charge on any atom is 0.371 e. The number of hydrogen-bond acceptors (Lipinski definition) is 4. The van der Waals surface area contributed by atoms with Crippen LogP contribution in [0.3, 0.4) is 0 Å². The molecule has 1 saturated heterocycles. The lowest BCUT2D eigenvalue weighted by molar-refractivity contribution is 0.0661. The first kappa shape index (κ1) is 15.1. The van der Waals surface area contributed by atoms with E-state index in [0.717, 1.165) is 38.2 Å². The molecule has 3 rings (SSSR count). The molecule has 1 saturated carbocycles. The molecule has 2 atom stereocenters. The highest BCUT2D eigenvalue weighted by molar-refractivity contribution is 9.10. The summed E-state index contributed by atoms with van der Waals surface area (Å²) in [5, 5.41) is 8.92. The Kier molecular flexibility index (Phi) is 3.87. The lowest BCUT2D eigenvalue weighted by Gasteiger charge is -2.30. The fourth-order valence-corrected chi connectivity index (χ4v) is 6.06. The molecular weight excluding hydrogens is 362 g/mol. The molecule has 2 fully saturated rings. The minimum Gasteiger partial charge on any atom is -0.475 e. The minimum atomic E-state index is -3.72. The second kappa shape index (κ2) is 5.40. The van der Waals surface area contributed by atoms with Gasteiger partial charge in [-0.15, -0.1) is 0 Å². The summed E-state index contributed by atoms with van der Waals surface area (Å²) in [6, 6.07) is 1.12. The Morgan fingerprint density at radius 2 is 2.05 bits per heavy atom. The van der Waals surface area contributed by atoms with E-state index in [2.05, 4.69) is 15.9 Å². The van der Waals surface area contributed by atoms with Crippen molar-refractivity contribution in [3.05, 3.63) is 16.5 Å². The molecule has 2 unspecified atom stereocenters. The Labute approximate surface area is 131 Å². The van der Waals surface area contributed by atoms with Crippen LogP contribution in [0.1, 0.15) is 42.7 Å². The molecule has 1 aliphatic carbocycles. The van der Waals surface area contributed by atoms with E-state index in [0.29, 0.717) is 12.5 Å². The quantitative estimate of drug-likeness (QED) is 0.874. The van der Waals surface area contributed by atoms with Crippen LogP contribution in [0.5, 0.6) is 0 Å². The number of carbonyl (C=O) groups is 1. The smallest absolute Gasteiger partial charge is 0.371 e. The van der Waals surface area contributed by atoms with Crippen LogP contribution < -0.4 is 0 Å². The molecule has 1 aromatic heterocycles. The van der Waals surface area contributed by atoms with E-state index in [9.17, 15) is 13.2 Å². The number of aromatic carboxylic acids is 1. The van der Waals surface area contributed by atoms with Gasteiger partial charge in [0.25, 0.3) is 0 Å². The number of sulfonamides is 1. The van der Waals surface area contributed by atoms with Gasteiger partial charge in [-0.1, -0.05) is 12.8 Å². The normalized spacial score (nSPS) is 26.7. The predicted octanol–water partition coefficient (Wildman–Crippen LogP) is 2.69. The summed E-state index contributed by atoms with van der Waals surface area (Å²) < 4.78 is 32.0. The van der Waals surface area contributed by atoms with Crippen molar-refractivity contribution >= 4 is 31.9 Å². The third-order valence-corrected chi connectivity index (χ3v) is 7.19. The second-order valence-electron chi connectivity index (χ2n) is 5.57. The maximum atomic E-state index is 12.8. The zero-order valence-corrected chi connectivity index (χ0v) is 13.7. The van der Waals surface area contributed by atoms with Gasteiger partial charge >= 0.3 is 5.97 Å². The lowest BCUT2D eigenvalue weighted by Crippen LogP contribution is -2.39. The summed E-state index contributed by atoms with van der Waals surface area (Å²) in [4.78, 5) is 10.8. The van der Waals surface area contributed by atoms with Crippen molar-refractivity contribution in [2.45, 2.75) is 43.0 Å². The molecule has 2 aliphatic rings. The monoisotopic (exact) mass is 377 g/mol. The van der Waals surface area contributed by atoms with Crippen molar-refractivity contribution in [2.24, 2.45) is 5.92 Å². The molecule has 1 N–H and O–H groups in total. The van der Waals surface area contributed by atoms with Gasteiger partial charge in [0.05, 0.1) is 0 Å². The number of furan rings is 1. The van der Waals surface area contributed by atoms with Gasteiger partial charge in [-0.25, -0.2) is 13.2 Å². The Morgan fingerprint density at radius 1 is 1.33 bits per heavy atom. The number of fused-ring (bicyclic) bond motifs is 1. The molecule has 8 heteroatoms. The van der Waals surface area contributed by atoms with Crippen molar-refractivity contribution in [3.63, 3.8) is 0 Å². The van der Waals surface area contributed by atoms with Crippen molar-refractivity contribution in [1.29, 1.82) is 0 Å². The van der Waals surface area contributed by atoms with Gasteiger partial charge in [-0.2, -0.15) is 4.31 Å². The molecular formula is C13H16BrNO5S. The number of carboxylic acid groups (broad SMARTS) is 1. The van der Waals surface area contributed by atoms with Crippen LogP contribution in [0.2, 0.25) is 0 Å². The molecule has 0 radical (unpaired) electrons. The van der Waals surface area contributed by atoms with Gasteiger partial charge in [-0.05, 0) is 41.1 Å². The number of hydrogen-bond donors (Lipinski definition) is 1. The molecule has 1 aliphatic heterocycles. The second-order valence-corrected chi connectivity index (χ2v) is 8.15. The highest BCUT2D eigenvalue weighted by atomic mass is 79.9. The van der Waals surface area contributed by atoms with E-state index in [-0.39, 0.29) is 21.4 Å². The van der Waals surface area contributed by atoms with Crippen LogP contribution in [0.4, 0.5) is 0 Å². The van der Waals surface area contributed by atoms with E-state index >= 15 is 0 Å². The standard InChI is InChI=1S/C13H16BrNO5S/c14-12-11(7-10(20-12)13(16)17)21(18,19)15-6-5-8-3-1-2-4-9(8)15/h7-9H,1-6H2,(H,16,17). The highest BCUT2D eigenvalue weighted by Gasteiger charge is 2.43. The van der Waals surface area contributed by atoms with Crippen LogP contribution in [0.25, 0.3) is 0 Å². The first-order valence-corrected chi connectivity index (χ1v) is 9.19. The summed E-state index contributed by atoms with van der Waals surface area (Å²) in [5.41, 5.74) is 0. The highest BCUT2D eigenvalue weighted by Crippen LogP contribution is 2.40. The van der Waals surface area contributed by atoms with Gasteiger partial charge < -0.3 is 9.52 Å². The third kappa shape index (κ3) is 2.53. The van der Waals surface area contributed by atoms with Crippen molar-refractivity contribution in [2.75, 3.05) is 6.54 Å². The molecule has 1 aromatic rings. The zero-order chi connectivity index (χ0) is 15.2. The van der Waals surface area contributed by atoms with Gasteiger partial charge in [0, 0.05) is 18.7 Å². The maximum absolute atomic E-state index is 12.8. The van der Waals surface area contributed by atoms with E-state index in [4.69, 9.17) is 9.52 Å². The zero-order valence-electron chi connectivity index (χ0n) is 11.3. The van der Waals surface area contributed by atoms with Crippen molar-refractivity contribution in [1.82, 2.24) is 4.31 Å². The van der Waals surface area contributed by atoms with Crippen LogP contribution in [0.15, 0.2) is 20.0 Å². The molecule has 21 heavy (non-hydrogen) atoms. The van der Waals surface area contributed by atoms with E-state index in [1.165, 1.54) is 4.31 Å². The largest absolute Gasteiger partial charge is 0.475 e. The Morgan fingerprint density at radius 3 is 2.71 bits per heavy atom. The Hall–Kier alpha value is -0.860.